The lowest BCUT2D eigenvalue weighted by molar-refractivity contribution is 0.101. The van der Waals surface area contributed by atoms with Gasteiger partial charge < -0.3 is 24.5 Å². The second-order valence-electron chi connectivity index (χ2n) is 6.91. The fraction of sp³-hybridized carbons (Fsp3) is 0.0435. The normalized spacial score (nSPS) is 11.2. The molecule has 5 aromatic rings. The molecule has 32 heavy (non-hydrogen) atoms. The summed E-state index contributed by atoms with van der Waals surface area (Å²) in [6.45, 7) is 0. The van der Waals surface area contributed by atoms with Crippen LogP contribution in [0.5, 0.6) is 23.1 Å². The van der Waals surface area contributed by atoms with E-state index in [9.17, 15) is 20.1 Å². The smallest absolute Gasteiger partial charge is 0.242 e. The van der Waals surface area contributed by atoms with Gasteiger partial charge in [0.1, 0.15) is 11.5 Å². The fourth-order valence-electron chi connectivity index (χ4n) is 3.49. The van der Waals surface area contributed by atoms with E-state index in [1.165, 1.54) is 40.4 Å². The lowest BCUT2D eigenvalue weighted by Gasteiger charge is -2.09. The van der Waals surface area contributed by atoms with Crippen LogP contribution in [0.25, 0.3) is 26.6 Å². The zero-order chi connectivity index (χ0) is 22.4. The van der Waals surface area contributed by atoms with Crippen molar-refractivity contribution >= 4 is 27.3 Å². The van der Waals surface area contributed by atoms with E-state index in [-0.39, 0.29) is 22.8 Å². The number of phenols is 1. The Balaban J connectivity index is 1.80. The van der Waals surface area contributed by atoms with Gasteiger partial charge in [0, 0.05) is 0 Å². The van der Waals surface area contributed by atoms with Gasteiger partial charge in [0.05, 0.1) is 34.8 Å². The number of carbonyl (C=O) groups is 1. The quantitative estimate of drug-likeness (QED) is 0.334. The maximum atomic E-state index is 13.2. The molecule has 0 atom stereocenters. The number of benzene rings is 2. The summed E-state index contributed by atoms with van der Waals surface area (Å²) in [7, 11) is 1.56. The molecule has 0 spiro atoms. The molecule has 3 heterocycles. The number of furan rings is 1. The number of ketones is 1. The molecule has 0 unspecified atom stereocenters. The minimum absolute atomic E-state index is 0.00603. The molecule has 0 aliphatic heterocycles. The third-order valence-corrected chi connectivity index (χ3v) is 6.01. The summed E-state index contributed by atoms with van der Waals surface area (Å²) in [6.07, 6.45) is 1.35. The first kappa shape index (κ1) is 19.7. The number of aromatic nitrogens is 2. The molecule has 8 nitrogen and oxygen atoms in total. The Morgan fingerprint density at radius 2 is 1.88 bits per heavy atom. The van der Waals surface area contributed by atoms with E-state index < -0.39 is 17.4 Å². The third-order valence-electron chi connectivity index (χ3n) is 5.01. The average Bonchev–Trinajstić information content (AvgIpc) is 3.52. The highest BCUT2D eigenvalue weighted by atomic mass is 32.1. The number of aromatic hydroxyl groups is 3. The van der Waals surface area contributed by atoms with Crippen LogP contribution in [0.3, 0.4) is 0 Å². The summed E-state index contributed by atoms with van der Waals surface area (Å²) in [5.74, 6) is -1.04. The van der Waals surface area contributed by atoms with Crippen LogP contribution >= 0.6 is 11.3 Å². The molecule has 3 aromatic heterocycles. The minimum atomic E-state index is -0.604. The number of fused-ring (bicyclic) bond motifs is 1. The topological polar surface area (TPSA) is 118 Å². The Kier molecular flexibility index (Phi) is 4.60. The summed E-state index contributed by atoms with van der Waals surface area (Å²) < 4.78 is 12.6. The van der Waals surface area contributed by atoms with Crippen LogP contribution in [-0.4, -0.2) is 37.8 Å². The molecular formula is C23H16N2O6S. The van der Waals surface area contributed by atoms with Crippen molar-refractivity contribution < 1.29 is 29.3 Å². The number of nitrogens with zero attached hydrogens (tertiary/aromatic N) is 2. The highest BCUT2D eigenvalue weighted by molar-refractivity contribution is 7.20. The maximum absolute atomic E-state index is 13.2. The molecule has 0 fully saturated rings. The van der Waals surface area contributed by atoms with Crippen LogP contribution in [0.4, 0.5) is 0 Å². The van der Waals surface area contributed by atoms with E-state index >= 15 is 0 Å². The SMILES string of the molecule is COc1ccc2nc(-n3c(O)c(O)c(C(=O)c4ccco4)c3-c3ccc(O)cc3)sc2c1. The summed E-state index contributed by atoms with van der Waals surface area (Å²) in [5, 5.41) is 31.7. The highest BCUT2D eigenvalue weighted by Crippen LogP contribution is 2.45. The van der Waals surface area contributed by atoms with E-state index in [0.717, 1.165) is 4.70 Å². The number of ether oxygens (including phenoxy) is 1. The van der Waals surface area contributed by atoms with E-state index in [4.69, 9.17) is 9.15 Å². The minimum Gasteiger partial charge on any atom is -0.508 e. The van der Waals surface area contributed by atoms with Gasteiger partial charge in [-0.05, 0) is 60.2 Å². The predicted molar refractivity (Wildman–Crippen MR) is 118 cm³/mol. The Morgan fingerprint density at radius 1 is 1.09 bits per heavy atom. The molecule has 160 valence electrons. The molecule has 3 N–H and O–H groups in total. The summed E-state index contributed by atoms with van der Waals surface area (Å²) in [6, 6.07) is 14.4. The van der Waals surface area contributed by atoms with Gasteiger partial charge in [0.25, 0.3) is 0 Å². The standard InChI is InChI=1S/C23H16N2O6S/c1-30-14-8-9-15-17(11-14)32-23(24-15)25-19(12-4-6-13(26)7-5-12)18(21(28)22(25)29)20(27)16-3-2-10-31-16/h2-11,26,28-29H,1H3. The number of phenolic OH excluding ortho intramolecular Hbond substituents is 1. The van der Waals surface area contributed by atoms with Gasteiger partial charge in [-0.2, -0.15) is 0 Å². The lowest BCUT2D eigenvalue weighted by Crippen LogP contribution is -2.04. The number of rotatable bonds is 5. The van der Waals surface area contributed by atoms with Gasteiger partial charge in [-0.3, -0.25) is 9.36 Å². The average molecular weight is 448 g/mol. The van der Waals surface area contributed by atoms with Crippen molar-refractivity contribution in [1.82, 2.24) is 9.55 Å². The zero-order valence-corrected chi connectivity index (χ0v) is 17.5. The van der Waals surface area contributed by atoms with E-state index in [0.29, 0.717) is 22.0 Å². The molecule has 0 amide bonds. The van der Waals surface area contributed by atoms with Crippen molar-refractivity contribution in [2.45, 2.75) is 0 Å². The van der Waals surface area contributed by atoms with Gasteiger partial charge >= 0.3 is 0 Å². The first-order chi connectivity index (χ1) is 15.5. The molecule has 0 bridgehead atoms. The van der Waals surface area contributed by atoms with Crippen LogP contribution in [0, 0.1) is 0 Å². The summed E-state index contributed by atoms with van der Waals surface area (Å²) >= 11 is 1.25. The van der Waals surface area contributed by atoms with E-state index in [1.54, 1.807) is 37.4 Å². The number of hydrogen-bond donors (Lipinski definition) is 3. The second-order valence-corrected chi connectivity index (χ2v) is 7.92. The maximum Gasteiger partial charge on any atom is 0.242 e. The molecule has 2 aromatic carbocycles. The van der Waals surface area contributed by atoms with E-state index in [2.05, 4.69) is 4.98 Å². The van der Waals surface area contributed by atoms with Crippen LogP contribution in [0.15, 0.2) is 65.3 Å². The molecule has 0 saturated carbocycles. The van der Waals surface area contributed by atoms with Crippen LogP contribution in [0.2, 0.25) is 0 Å². The van der Waals surface area contributed by atoms with Crippen molar-refractivity contribution in [3.8, 4) is 39.5 Å². The van der Waals surface area contributed by atoms with Gasteiger partial charge in [0.15, 0.2) is 16.6 Å². The Morgan fingerprint density at radius 3 is 2.56 bits per heavy atom. The monoisotopic (exact) mass is 448 g/mol. The molecular weight excluding hydrogens is 432 g/mol. The number of carbonyl (C=O) groups excluding carboxylic acids is 1. The molecule has 0 saturated heterocycles. The number of methoxy groups -OCH3 is 1. The number of hydrogen-bond acceptors (Lipinski definition) is 8. The van der Waals surface area contributed by atoms with E-state index in [1.807, 2.05) is 6.07 Å². The molecule has 0 aliphatic carbocycles. The van der Waals surface area contributed by atoms with Crippen molar-refractivity contribution in [3.63, 3.8) is 0 Å². The van der Waals surface area contributed by atoms with Gasteiger partial charge in [-0.1, -0.05) is 11.3 Å². The van der Waals surface area contributed by atoms with Crippen molar-refractivity contribution in [2.24, 2.45) is 0 Å². The zero-order valence-electron chi connectivity index (χ0n) is 16.6. The van der Waals surface area contributed by atoms with Gasteiger partial charge in [-0.15, -0.1) is 0 Å². The first-order valence-electron chi connectivity index (χ1n) is 9.47. The predicted octanol–water partition coefficient (Wildman–Crippen LogP) is 4.70. The molecule has 5 rings (SSSR count). The number of thiazole rings is 1. The Labute approximate surface area is 185 Å². The summed E-state index contributed by atoms with van der Waals surface area (Å²) in [5.41, 5.74) is 1.21. The van der Waals surface area contributed by atoms with Crippen LogP contribution < -0.4 is 4.74 Å². The van der Waals surface area contributed by atoms with Crippen molar-refractivity contribution in [1.29, 1.82) is 0 Å². The van der Waals surface area contributed by atoms with Crippen molar-refractivity contribution in [3.05, 3.63) is 72.2 Å². The van der Waals surface area contributed by atoms with Crippen LogP contribution in [0.1, 0.15) is 16.1 Å². The molecule has 0 radical (unpaired) electrons. The molecule has 0 aliphatic rings. The van der Waals surface area contributed by atoms with Gasteiger partial charge in [0.2, 0.25) is 11.7 Å². The second kappa shape index (κ2) is 7.47. The van der Waals surface area contributed by atoms with Gasteiger partial charge in [-0.25, -0.2) is 4.98 Å². The Bertz CT molecular complexity index is 1450. The lowest BCUT2D eigenvalue weighted by atomic mass is 10.0. The van der Waals surface area contributed by atoms with Crippen LogP contribution in [-0.2, 0) is 0 Å². The van der Waals surface area contributed by atoms with Crippen molar-refractivity contribution in [2.75, 3.05) is 7.11 Å². The highest BCUT2D eigenvalue weighted by Gasteiger charge is 2.32. The Hall–Kier alpha value is -4.24. The largest absolute Gasteiger partial charge is 0.508 e. The first-order valence-corrected chi connectivity index (χ1v) is 10.3. The third kappa shape index (κ3) is 3.07. The fourth-order valence-corrected chi connectivity index (χ4v) is 4.49. The molecule has 9 heteroatoms. The summed E-state index contributed by atoms with van der Waals surface area (Å²) in [4.78, 5) is 17.8.